The van der Waals surface area contributed by atoms with Crippen molar-refractivity contribution in [2.75, 3.05) is 18.5 Å². The zero-order chi connectivity index (χ0) is 33.8. The fraction of sp³-hybridized carbons (Fsp3) is 0.161. The van der Waals surface area contributed by atoms with Gasteiger partial charge in [0, 0.05) is 29.4 Å². The molecule has 47 heavy (non-hydrogen) atoms. The SMILES string of the molecule is O=C(NCc1ccc(F)cc1)c1ccc(-c2ccc3nc(Nc4ccc(C(=O)NCC(F)(F)F)cc4OCC(F)(F)F)nn3c2)cc1. The molecule has 0 radical (unpaired) electrons. The van der Waals surface area contributed by atoms with Crippen LogP contribution in [0.2, 0.25) is 0 Å². The molecule has 0 aliphatic heterocycles. The minimum absolute atomic E-state index is 0.0542. The number of hydrogen-bond acceptors (Lipinski definition) is 6. The summed E-state index contributed by atoms with van der Waals surface area (Å²) in [7, 11) is 0. The molecule has 16 heteroatoms. The van der Waals surface area contributed by atoms with E-state index in [1.54, 1.807) is 60.0 Å². The predicted molar refractivity (Wildman–Crippen MR) is 156 cm³/mol. The molecule has 0 saturated heterocycles. The molecule has 0 bridgehead atoms. The molecule has 0 spiro atoms. The topological polar surface area (TPSA) is 110 Å². The van der Waals surface area contributed by atoms with Crippen LogP contribution in [0.5, 0.6) is 5.75 Å². The van der Waals surface area contributed by atoms with Crippen LogP contribution in [0, 0.1) is 5.82 Å². The molecule has 0 atom stereocenters. The summed E-state index contributed by atoms with van der Waals surface area (Å²) in [4.78, 5) is 29.0. The number of ether oxygens (including phenoxy) is 1. The van der Waals surface area contributed by atoms with Crippen LogP contribution >= 0.6 is 0 Å². The smallest absolute Gasteiger partial charge is 0.422 e. The molecule has 2 aromatic heterocycles. The van der Waals surface area contributed by atoms with E-state index in [4.69, 9.17) is 4.74 Å². The van der Waals surface area contributed by atoms with Gasteiger partial charge in [-0.05, 0) is 65.7 Å². The maximum Gasteiger partial charge on any atom is 0.422 e. The van der Waals surface area contributed by atoms with Crippen molar-refractivity contribution in [3.63, 3.8) is 0 Å². The number of anilines is 2. The van der Waals surface area contributed by atoms with Gasteiger partial charge >= 0.3 is 12.4 Å². The monoisotopic (exact) mass is 660 g/mol. The number of amides is 2. The molecule has 3 aromatic carbocycles. The van der Waals surface area contributed by atoms with Gasteiger partial charge in [-0.25, -0.2) is 8.91 Å². The molecule has 0 saturated carbocycles. The normalized spacial score (nSPS) is 11.7. The number of rotatable bonds is 10. The predicted octanol–water partition coefficient (Wildman–Crippen LogP) is 6.44. The number of halogens is 7. The fourth-order valence-electron chi connectivity index (χ4n) is 4.26. The summed E-state index contributed by atoms with van der Waals surface area (Å²) in [5, 5.41) is 11.4. The number of benzene rings is 3. The average Bonchev–Trinajstić information content (AvgIpc) is 3.43. The van der Waals surface area contributed by atoms with E-state index in [-0.39, 0.29) is 35.5 Å². The summed E-state index contributed by atoms with van der Waals surface area (Å²) in [5.41, 5.74) is 2.48. The Morgan fingerprint density at radius 2 is 1.43 bits per heavy atom. The first-order valence-corrected chi connectivity index (χ1v) is 13.7. The second-order valence-electron chi connectivity index (χ2n) is 10.1. The molecule has 0 aliphatic rings. The molecule has 2 heterocycles. The molecule has 0 unspecified atom stereocenters. The highest BCUT2D eigenvalue weighted by Crippen LogP contribution is 2.31. The number of nitrogens with one attached hydrogen (secondary N) is 3. The summed E-state index contributed by atoms with van der Waals surface area (Å²) in [6.07, 6.45) is -7.80. The summed E-state index contributed by atoms with van der Waals surface area (Å²) >= 11 is 0. The molecule has 2 amide bonds. The van der Waals surface area contributed by atoms with Crippen molar-refractivity contribution in [2.45, 2.75) is 18.9 Å². The number of hydrogen-bond donors (Lipinski definition) is 3. The highest BCUT2D eigenvalue weighted by atomic mass is 19.4. The number of alkyl halides is 6. The van der Waals surface area contributed by atoms with Crippen molar-refractivity contribution in [1.82, 2.24) is 25.2 Å². The lowest BCUT2D eigenvalue weighted by Gasteiger charge is -2.15. The molecule has 244 valence electrons. The van der Waals surface area contributed by atoms with Crippen LogP contribution in [-0.2, 0) is 6.54 Å². The van der Waals surface area contributed by atoms with Crippen LogP contribution in [0.4, 0.5) is 42.4 Å². The van der Waals surface area contributed by atoms with E-state index < -0.39 is 37.2 Å². The first-order chi connectivity index (χ1) is 22.2. The standard InChI is InChI=1S/C31H23F7N6O3/c32-23-9-1-18(2-10-23)14-39-27(45)20-5-3-19(4-6-20)22-8-12-26-42-29(43-44(26)15-22)41-24-11-7-21(28(46)40-16-30(33,34)35)13-25(24)47-17-31(36,37)38/h1-13,15H,14,16-17H2,(H,39,45)(H,40,46)(H,41,43). The van der Waals surface area contributed by atoms with E-state index in [0.29, 0.717) is 16.8 Å². The van der Waals surface area contributed by atoms with Crippen LogP contribution in [0.3, 0.4) is 0 Å². The molecule has 9 nitrogen and oxygen atoms in total. The number of aromatic nitrogens is 3. The highest BCUT2D eigenvalue weighted by molar-refractivity contribution is 5.95. The molecule has 5 aromatic rings. The molecule has 0 aliphatic carbocycles. The van der Waals surface area contributed by atoms with E-state index in [2.05, 4.69) is 20.7 Å². The first kappa shape index (κ1) is 32.7. The number of carbonyl (C=O) groups is 2. The number of nitrogens with zero attached hydrogens (tertiary/aromatic N) is 3. The lowest BCUT2D eigenvalue weighted by molar-refractivity contribution is -0.153. The van der Waals surface area contributed by atoms with Gasteiger partial charge in [-0.2, -0.15) is 31.3 Å². The second kappa shape index (κ2) is 13.4. The van der Waals surface area contributed by atoms with Crippen molar-refractivity contribution in [3.8, 4) is 16.9 Å². The van der Waals surface area contributed by atoms with Gasteiger partial charge in [0.15, 0.2) is 12.3 Å². The first-order valence-electron chi connectivity index (χ1n) is 13.7. The van der Waals surface area contributed by atoms with Crippen LogP contribution < -0.4 is 20.7 Å². The van der Waals surface area contributed by atoms with E-state index in [9.17, 15) is 40.3 Å². The van der Waals surface area contributed by atoms with Crippen LogP contribution in [0.15, 0.2) is 85.1 Å². The summed E-state index contributed by atoms with van der Waals surface area (Å²) < 4.78 is 95.5. The Labute approximate surface area is 261 Å². The number of pyridine rings is 1. The third-order valence-corrected chi connectivity index (χ3v) is 6.51. The molecule has 0 fully saturated rings. The van der Waals surface area contributed by atoms with Crippen molar-refractivity contribution in [1.29, 1.82) is 0 Å². The lowest BCUT2D eigenvalue weighted by Crippen LogP contribution is -2.33. The Bertz CT molecular complexity index is 1890. The van der Waals surface area contributed by atoms with Gasteiger partial charge < -0.3 is 20.7 Å². The Kier molecular flexibility index (Phi) is 9.30. The fourth-order valence-corrected chi connectivity index (χ4v) is 4.26. The average molecular weight is 661 g/mol. The minimum Gasteiger partial charge on any atom is -0.482 e. The maximum atomic E-state index is 13.1. The maximum absolute atomic E-state index is 13.1. The molecule has 3 N–H and O–H groups in total. The Morgan fingerprint density at radius 3 is 2.11 bits per heavy atom. The second-order valence-corrected chi connectivity index (χ2v) is 10.1. The summed E-state index contributed by atoms with van der Waals surface area (Å²) in [5.74, 6) is -2.38. The van der Waals surface area contributed by atoms with E-state index >= 15 is 0 Å². The highest BCUT2D eigenvalue weighted by Gasteiger charge is 2.30. The molecule has 5 rings (SSSR count). The van der Waals surface area contributed by atoms with Crippen molar-refractivity contribution in [2.24, 2.45) is 0 Å². The minimum atomic E-state index is -4.74. The Balaban J connectivity index is 1.30. The third kappa shape index (κ3) is 8.96. The number of carbonyl (C=O) groups excluding carboxylic acids is 2. The van der Waals surface area contributed by atoms with Gasteiger partial charge in [-0.1, -0.05) is 24.3 Å². The van der Waals surface area contributed by atoms with Crippen molar-refractivity contribution < 1.29 is 45.1 Å². The summed E-state index contributed by atoms with van der Waals surface area (Å²) in [6, 6.07) is 19.0. The zero-order valence-electron chi connectivity index (χ0n) is 23.9. The van der Waals surface area contributed by atoms with E-state index in [1.165, 1.54) is 16.6 Å². The largest absolute Gasteiger partial charge is 0.482 e. The van der Waals surface area contributed by atoms with Crippen molar-refractivity contribution >= 4 is 29.1 Å². The number of fused-ring (bicyclic) bond motifs is 1. The molecular formula is C31H23F7N6O3. The van der Waals surface area contributed by atoms with Gasteiger partial charge in [0.05, 0.1) is 5.69 Å². The van der Waals surface area contributed by atoms with Crippen LogP contribution in [0.1, 0.15) is 26.3 Å². The van der Waals surface area contributed by atoms with Crippen LogP contribution in [0.25, 0.3) is 16.8 Å². The van der Waals surface area contributed by atoms with Gasteiger partial charge in [-0.15, -0.1) is 5.10 Å². The Morgan fingerprint density at radius 1 is 0.766 bits per heavy atom. The Hall–Kier alpha value is -5.67. The van der Waals surface area contributed by atoms with Gasteiger partial charge in [0.2, 0.25) is 5.95 Å². The van der Waals surface area contributed by atoms with Crippen molar-refractivity contribution in [3.05, 3.63) is 108 Å². The quantitative estimate of drug-likeness (QED) is 0.149. The van der Waals surface area contributed by atoms with Gasteiger partial charge in [0.1, 0.15) is 18.1 Å². The van der Waals surface area contributed by atoms with Gasteiger partial charge in [-0.3, -0.25) is 9.59 Å². The van der Waals surface area contributed by atoms with Crippen LogP contribution in [-0.4, -0.2) is 51.9 Å². The molecular weight excluding hydrogens is 637 g/mol. The van der Waals surface area contributed by atoms with E-state index in [1.807, 2.05) is 0 Å². The zero-order valence-corrected chi connectivity index (χ0v) is 23.9. The summed E-state index contributed by atoms with van der Waals surface area (Å²) in [6.45, 7) is -3.14. The third-order valence-electron chi connectivity index (χ3n) is 6.51. The van der Waals surface area contributed by atoms with E-state index in [0.717, 1.165) is 29.3 Å². The van der Waals surface area contributed by atoms with Gasteiger partial charge in [0.25, 0.3) is 11.8 Å². The lowest BCUT2D eigenvalue weighted by atomic mass is 10.1.